The van der Waals surface area contributed by atoms with E-state index in [4.69, 9.17) is 9.98 Å². The number of benzene rings is 2. The second-order valence-electron chi connectivity index (χ2n) is 9.96. The lowest BCUT2D eigenvalue weighted by molar-refractivity contribution is -0.138. The van der Waals surface area contributed by atoms with E-state index in [9.17, 15) is 4.79 Å². The first-order chi connectivity index (χ1) is 17.5. The van der Waals surface area contributed by atoms with Gasteiger partial charge in [-0.1, -0.05) is 60.7 Å². The molecule has 0 atom stereocenters. The van der Waals surface area contributed by atoms with Gasteiger partial charge in [0.1, 0.15) is 17.7 Å². The molecule has 2 aromatic carbocycles. The molecule has 3 aromatic rings. The smallest absolute Gasteiger partial charge is 0.293 e. The number of aliphatic imine (C=N–C) groups is 1. The van der Waals surface area contributed by atoms with Crippen LogP contribution in [0.5, 0.6) is 0 Å². The molecule has 1 saturated carbocycles. The van der Waals surface area contributed by atoms with Crippen molar-refractivity contribution in [2.24, 2.45) is 4.99 Å². The molecule has 0 radical (unpaired) electrons. The van der Waals surface area contributed by atoms with Gasteiger partial charge in [0.15, 0.2) is 5.82 Å². The van der Waals surface area contributed by atoms with Crippen molar-refractivity contribution in [2.75, 3.05) is 31.1 Å². The van der Waals surface area contributed by atoms with Crippen LogP contribution in [0.2, 0.25) is 0 Å². The van der Waals surface area contributed by atoms with E-state index < -0.39 is 0 Å². The normalized spacial score (nSPS) is 15.4. The van der Waals surface area contributed by atoms with Crippen LogP contribution in [-0.4, -0.2) is 53.9 Å². The zero-order valence-corrected chi connectivity index (χ0v) is 21.4. The predicted molar refractivity (Wildman–Crippen MR) is 144 cm³/mol. The third-order valence-electron chi connectivity index (χ3n) is 5.96. The van der Waals surface area contributed by atoms with Crippen molar-refractivity contribution in [1.29, 1.82) is 0 Å². The van der Waals surface area contributed by atoms with E-state index in [0.29, 0.717) is 12.4 Å². The van der Waals surface area contributed by atoms with Crippen molar-refractivity contribution in [3.63, 3.8) is 0 Å². The molecule has 36 heavy (non-hydrogen) atoms. The second kappa shape index (κ2) is 11.9. The molecular formula is C29H35N5O2. The minimum Gasteiger partial charge on any atom is -0.462 e. The Hall–Kier alpha value is -3.58. The number of carbonyl (C=O) groups excluding carboxylic acids is 1. The SMILES string of the molecule is CC(C)(C)OC=O.c1ccc(C(=Nc2ncnc(N3CCNCC3)c2C2CC2)c2ccccc2)cc1. The van der Waals surface area contributed by atoms with Crippen LogP contribution in [0.15, 0.2) is 72.0 Å². The number of rotatable bonds is 6. The molecule has 0 unspecified atom stereocenters. The number of aromatic nitrogens is 2. The van der Waals surface area contributed by atoms with Gasteiger partial charge in [0.2, 0.25) is 0 Å². The van der Waals surface area contributed by atoms with Crippen LogP contribution in [0, 0.1) is 0 Å². The van der Waals surface area contributed by atoms with Gasteiger partial charge in [-0.15, -0.1) is 0 Å². The lowest BCUT2D eigenvalue weighted by Crippen LogP contribution is -2.44. The average molecular weight is 486 g/mol. The molecule has 7 heteroatoms. The molecule has 1 saturated heterocycles. The van der Waals surface area contributed by atoms with Crippen LogP contribution in [0.25, 0.3) is 0 Å². The molecule has 5 rings (SSSR count). The molecule has 0 spiro atoms. The van der Waals surface area contributed by atoms with Gasteiger partial charge in [-0.3, -0.25) is 4.79 Å². The number of nitrogens with zero attached hydrogens (tertiary/aromatic N) is 4. The summed E-state index contributed by atoms with van der Waals surface area (Å²) in [4.78, 5) is 26.5. The Kier molecular flexibility index (Phi) is 8.44. The van der Waals surface area contributed by atoms with Gasteiger partial charge in [-0.2, -0.15) is 0 Å². The molecule has 1 aliphatic carbocycles. The van der Waals surface area contributed by atoms with Crippen molar-refractivity contribution in [2.45, 2.75) is 45.1 Å². The zero-order chi connectivity index (χ0) is 25.4. The number of hydrogen-bond donors (Lipinski definition) is 1. The van der Waals surface area contributed by atoms with E-state index in [0.717, 1.165) is 54.7 Å². The number of hydrogen-bond acceptors (Lipinski definition) is 7. The lowest BCUT2D eigenvalue weighted by Gasteiger charge is -2.30. The maximum absolute atomic E-state index is 9.60. The van der Waals surface area contributed by atoms with Crippen LogP contribution < -0.4 is 10.2 Å². The summed E-state index contributed by atoms with van der Waals surface area (Å²) in [6.45, 7) is 9.86. The standard InChI is InChI=1S/C24H25N5.C5H10O2/c1-3-7-19(8-4-1)22(20-9-5-2-6-10-20)28-23-21(18-11-12-18)24(27-17-26-23)29-15-13-25-14-16-29;1-5(2,3)7-4-6/h1-10,17-18,25H,11-16H2;4H,1-3H3. The highest BCUT2D eigenvalue weighted by molar-refractivity contribution is 6.13. The third-order valence-corrected chi connectivity index (χ3v) is 5.96. The van der Waals surface area contributed by atoms with Crippen molar-refractivity contribution in [3.8, 4) is 0 Å². The summed E-state index contributed by atoms with van der Waals surface area (Å²) in [5.41, 5.74) is 4.06. The van der Waals surface area contributed by atoms with Gasteiger partial charge < -0.3 is 15.0 Å². The number of anilines is 1. The summed E-state index contributed by atoms with van der Waals surface area (Å²) >= 11 is 0. The Morgan fingerprint density at radius 3 is 2.03 bits per heavy atom. The molecule has 0 amide bonds. The molecule has 1 aliphatic heterocycles. The van der Waals surface area contributed by atoms with Crippen LogP contribution in [0.1, 0.15) is 56.2 Å². The van der Waals surface area contributed by atoms with Crippen LogP contribution in [-0.2, 0) is 9.53 Å². The number of piperazine rings is 1. The first-order valence-electron chi connectivity index (χ1n) is 12.6. The highest BCUT2D eigenvalue weighted by Crippen LogP contribution is 2.47. The van der Waals surface area contributed by atoms with Gasteiger partial charge >= 0.3 is 0 Å². The molecule has 1 N–H and O–H groups in total. The van der Waals surface area contributed by atoms with Gasteiger partial charge in [-0.25, -0.2) is 15.0 Å². The Balaban J connectivity index is 0.000000384. The number of ether oxygens (including phenoxy) is 1. The van der Waals surface area contributed by atoms with E-state index in [-0.39, 0.29) is 5.60 Å². The third kappa shape index (κ3) is 6.98. The lowest BCUT2D eigenvalue weighted by atomic mass is 10.0. The summed E-state index contributed by atoms with van der Waals surface area (Å²) < 4.78 is 4.55. The Labute approximate surface area is 213 Å². The van der Waals surface area contributed by atoms with E-state index in [1.54, 1.807) is 6.33 Å². The number of nitrogens with one attached hydrogen (secondary N) is 1. The fourth-order valence-electron chi connectivity index (χ4n) is 4.07. The van der Waals surface area contributed by atoms with E-state index >= 15 is 0 Å². The monoisotopic (exact) mass is 485 g/mol. The van der Waals surface area contributed by atoms with Gasteiger partial charge in [0, 0.05) is 42.9 Å². The minimum atomic E-state index is -0.318. The Morgan fingerprint density at radius 1 is 0.972 bits per heavy atom. The maximum Gasteiger partial charge on any atom is 0.293 e. The Morgan fingerprint density at radius 2 is 1.56 bits per heavy atom. The molecule has 2 heterocycles. The van der Waals surface area contributed by atoms with Crippen molar-refractivity contribution < 1.29 is 9.53 Å². The van der Waals surface area contributed by atoms with E-state index in [2.05, 4.69) is 68.5 Å². The summed E-state index contributed by atoms with van der Waals surface area (Å²) in [5, 5.41) is 3.43. The van der Waals surface area contributed by atoms with Gasteiger partial charge in [-0.05, 0) is 39.5 Å². The predicted octanol–water partition coefficient (Wildman–Crippen LogP) is 4.89. The summed E-state index contributed by atoms with van der Waals surface area (Å²) in [5.74, 6) is 2.41. The maximum atomic E-state index is 9.60. The Bertz CT molecular complexity index is 1110. The number of carbonyl (C=O) groups is 1. The van der Waals surface area contributed by atoms with E-state index in [1.807, 2.05) is 32.9 Å². The summed E-state index contributed by atoms with van der Waals surface area (Å²) in [7, 11) is 0. The van der Waals surface area contributed by atoms with Crippen LogP contribution >= 0.6 is 0 Å². The summed E-state index contributed by atoms with van der Waals surface area (Å²) in [6.07, 6.45) is 4.07. The van der Waals surface area contributed by atoms with Crippen molar-refractivity contribution >= 4 is 23.8 Å². The minimum absolute atomic E-state index is 0.318. The van der Waals surface area contributed by atoms with Crippen LogP contribution in [0.3, 0.4) is 0 Å². The first kappa shape index (κ1) is 25.5. The highest BCUT2D eigenvalue weighted by atomic mass is 16.5. The first-order valence-corrected chi connectivity index (χ1v) is 12.6. The summed E-state index contributed by atoms with van der Waals surface area (Å²) in [6, 6.07) is 20.8. The van der Waals surface area contributed by atoms with Gasteiger partial charge in [0.25, 0.3) is 6.47 Å². The largest absolute Gasteiger partial charge is 0.462 e. The highest BCUT2D eigenvalue weighted by Gasteiger charge is 2.32. The quantitative estimate of drug-likeness (QED) is 0.396. The van der Waals surface area contributed by atoms with Crippen molar-refractivity contribution in [1.82, 2.24) is 15.3 Å². The fraction of sp³-hybridized carbons (Fsp3) is 0.379. The zero-order valence-electron chi connectivity index (χ0n) is 21.4. The fourth-order valence-corrected chi connectivity index (χ4v) is 4.07. The molecular weight excluding hydrogens is 450 g/mol. The molecule has 1 aromatic heterocycles. The molecule has 0 bridgehead atoms. The van der Waals surface area contributed by atoms with Crippen LogP contribution in [0.4, 0.5) is 11.6 Å². The second-order valence-corrected chi connectivity index (χ2v) is 9.96. The average Bonchev–Trinajstić information content (AvgIpc) is 3.74. The molecule has 2 aliphatic rings. The van der Waals surface area contributed by atoms with E-state index in [1.165, 1.54) is 18.4 Å². The van der Waals surface area contributed by atoms with Gasteiger partial charge in [0.05, 0.1) is 5.71 Å². The molecule has 2 fully saturated rings. The van der Waals surface area contributed by atoms with Crippen molar-refractivity contribution in [3.05, 3.63) is 83.7 Å². The topological polar surface area (TPSA) is 79.7 Å². The molecule has 7 nitrogen and oxygen atoms in total. The molecule has 188 valence electrons.